The van der Waals surface area contributed by atoms with Crippen LogP contribution >= 0.6 is 0 Å². The molecule has 0 spiro atoms. The maximum atomic E-state index is 11.7. The van der Waals surface area contributed by atoms with Crippen LogP contribution in [0.1, 0.15) is 12.0 Å². The molecule has 4 rings (SSSR count). The molecule has 2 aliphatic carbocycles. The van der Waals surface area contributed by atoms with Crippen molar-refractivity contribution < 1.29 is 9.52 Å². The second-order valence-electron chi connectivity index (χ2n) is 5.90. The number of rotatable bonds is 1. The first kappa shape index (κ1) is 14.0. The lowest BCUT2D eigenvalue weighted by molar-refractivity contribution is 0.242. The molecule has 1 aromatic rings. The summed E-state index contributed by atoms with van der Waals surface area (Å²) in [5.41, 5.74) is 4.79. The highest BCUT2D eigenvalue weighted by molar-refractivity contribution is 5.84. The molecule has 1 aromatic carbocycles. The molecule has 1 unspecified atom stereocenters. The summed E-state index contributed by atoms with van der Waals surface area (Å²) in [5.74, 6) is 0.549. The number of hydrogen-bond donors (Lipinski definition) is 1. The average Bonchev–Trinajstić information content (AvgIpc) is 2.53. The van der Waals surface area contributed by atoms with E-state index < -0.39 is 6.10 Å². The fourth-order valence-electron chi connectivity index (χ4n) is 3.19. The monoisotopic (exact) mass is 304 g/mol. The Bertz CT molecular complexity index is 1040. The molecule has 1 atom stereocenters. The van der Waals surface area contributed by atoms with Crippen molar-refractivity contribution in [3.05, 3.63) is 68.9 Å². The molecule has 1 N–H and O–H groups in total. The van der Waals surface area contributed by atoms with Gasteiger partial charge in [0.15, 0.2) is 5.43 Å². The zero-order valence-electron chi connectivity index (χ0n) is 12.7. The molecule has 0 amide bonds. The van der Waals surface area contributed by atoms with E-state index in [1.165, 1.54) is 6.07 Å². The van der Waals surface area contributed by atoms with Crippen molar-refractivity contribution in [2.75, 3.05) is 0 Å². The number of benzene rings is 2. The lowest BCUT2D eigenvalue weighted by Gasteiger charge is -2.17. The van der Waals surface area contributed by atoms with E-state index in [0.29, 0.717) is 17.6 Å². The Labute approximate surface area is 133 Å². The van der Waals surface area contributed by atoms with Gasteiger partial charge in [0.2, 0.25) is 0 Å². The second-order valence-corrected chi connectivity index (χ2v) is 5.90. The highest BCUT2D eigenvalue weighted by Gasteiger charge is 2.18. The smallest absolute Gasteiger partial charge is 0.182 e. The molecule has 1 heterocycles. The van der Waals surface area contributed by atoms with Gasteiger partial charge in [0.05, 0.1) is 6.10 Å². The van der Waals surface area contributed by atoms with E-state index in [0.717, 1.165) is 27.5 Å². The molecule has 0 saturated carbocycles. The number of aliphatic hydroxyl groups is 1. The summed E-state index contributed by atoms with van der Waals surface area (Å²) in [7, 11) is 0. The molecule has 23 heavy (non-hydrogen) atoms. The lowest BCUT2D eigenvalue weighted by Crippen LogP contribution is -2.33. The van der Waals surface area contributed by atoms with Crippen LogP contribution in [-0.2, 0) is 0 Å². The van der Waals surface area contributed by atoms with E-state index in [1.807, 2.05) is 24.3 Å². The molecule has 3 nitrogen and oxygen atoms in total. The van der Waals surface area contributed by atoms with Gasteiger partial charge in [-0.05, 0) is 42.7 Å². The fourth-order valence-corrected chi connectivity index (χ4v) is 3.19. The number of aliphatic hydroxyl groups excluding tert-OH is 1. The minimum Gasteiger partial charge on any atom is -0.456 e. The van der Waals surface area contributed by atoms with Crippen molar-refractivity contribution >= 4 is 12.2 Å². The van der Waals surface area contributed by atoms with E-state index >= 15 is 0 Å². The van der Waals surface area contributed by atoms with Crippen molar-refractivity contribution in [3.8, 4) is 22.5 Å². The first-order chi connectivity index (χ1) is 11.1. The van der Waals surface area contributed by atoms with E-state index in [2.05, 4.69) is 19.1 Å². The van der Waals surface area contributed by atoms with Gasteiger partial charge < -0.3 is 9.52 Å². The van der Waals surface area contributed by atoms with E-state index in [9.17, 15) is 9.90 Å². The Balaban J connectivity index is 2.22. The van der Waals surface area contributed by atoms with Crippen LogP contribution in [0.2, 0.25) is 0 Å². The average molecular weight is 304 g/mol. The summed E-state index contributed by atoms with van der Waals surface area (Å²) >= 11 is 0. The van der Waals surface area contributed by atoms with E-state index in [1.54, 1.807) is 12.1 Å². The standard InChI is InChI=1S/C20H16O3/c1-12-4-2-3-5-15(12)20-16-8-6-13(21)10-18(16)23-19-11-14(22)7-9-17(19)20/h2-6,8-11,14,22H,7H2,1H3. The third-order valence-corrected chi connectivity index (χ3v) is 4.30. The first-order valence-electron chi connectivity index (χ1n) is 7.66. The summed E-state index contributed by atoms with van der Waals surface area (Å²) in [6, 6.07) is 13.1. The molecule has 0 bridgehead atoms. The quantitative estimate of drug-likeness (QED) is 0.748. The zero-order chi connectivity index (χ0) is 16.0. The predicted octanol–water partition coefficient (Wildman–Crippen LogP) is 2.05. The van der Waals surface area contributed by atoms with Gasteiger partial charge in [-0.2, -0.15) is 0 Å². The van der Waals surface area contributed by atoms with Gasteiger partial charge in [-0.1, -0.05) is 30.3 Å². The van der Waals surface area contributed by atoms with Gasteiger partial charge >= 0.3 is 0 Å². The van der Waals surface area contributed by atoms with Crippen LogP contribution in [0.3, 0.4) is 0 Å². The Morgan fingerprint density at radius 3 is 2.78 bits per heavy atom. The molecule has 0 radical (unpaired) electrons. The van der Waals surface area contributed by atoms with Crippen molar-refractivity contribution in [2.45, 2.75) is 19.4 Å². The second kappa shape index (κ2) is 5.21. The summed E-state index contributed by atoms with van der Waals surface area (Å²) in [5, 5.41) is 10.9. The fraction of sp³-hybridized carbons (Fsp3) is 0.150. The number of fused-ring (bicyclic) bond motifs is 2. The van der Waals surface area contributed by atoms with Crippen molar-refractivity contribution in [2.24, 2.45) is 0 Å². The van der Waals surface area contributed by atoms with Crippen LogP contribution in [0, 0.1) is 6.92 Å². The van der Waals surface area contributed by atoms with Gasteiger partial charge in [0, 0.05) is 22.4 Å². The summed E-state index contributed by atoms with van der Waals surface area (Å²) in [4.78, 5) is 11.7. The summed E-state index contributed by atoms with van der Waals surface area (Å²) in [6.45, 7) is 2.07. The normalized spacial score (nSPS) is 16.5. The van der Waals surface area contributed by atoms with Gasteiger partial charge in [-0.25, -0.2) is 0 Å². The van der Waals surface area contributed by atoms with Gasteiger partial charge in [0.25, 0.3) is 0 Å². The Morgan fingerprint density at radius 2 is 1.96 bits per heavy atom. The molecule has 0 saturated heterocycles. The SMILES string of the molecule is Cc1ccccc1-c1c2ccc(=O)cc-2oc2c1=CCC(O)C=2. The van der Waals surface area contributed by atoms with Crippen LogP contribution in [0.5, 0.6) is 0 Å². The molecule has 0 fully saturated rings. The van der Waals surface area contributed by atoms with Crippen LogP contribution in [-0.4, -0.2) is 11.2 Å². The summed E-state index contributed by atoms with van der Waals surface area (Å²) in [6.07, 6.45) is 3.74. The molecular formula is C20H16O3. The maximum absolute atomic E-state index is 11.7. The van der Waals surface area contributed by atoms with Gasteiger partial charge in [0.1, 0.15) is 11.2 Å². The highest BCUT2D eigenvalue weighted by atomic mass is 16.3. The Hall–Kier alpha value is -2.65. The number of hydrogen-bond acceptors (Lipinski definition) is 3. The minimum absolute atomic E-state index is 0.0859. The van der Waals surface area contributed by atoms with E-state index in [4.69, 9.17) is 4.42 Å². The maximum Gasteiger partial charge on any atom is 0.182 e. The predicted molar refractivity (Wildman–Crippen MR) is 90.6 cm³/mol. The molecular weight excluding hydrogens is 288 g/mol. The highest BCUT2D eigenvalue weighted by Crippen LogP contribution is 2.31. The molecule has 1 aliphatic heterocycles. The van der Waals surface area contributed by atoms with Crippen molar-refractivity contribution in [1.29, 1.82) is 0 Å². The third-order valence-electron chi connectivity index (χ3n) is 4.30. The van der Waals surface area contributed by atoms with Gasteiger partial charge in [-0.3, -0.25) is 4.79 Å². The van der Waals surface area contributed by atoms with Crippen molar-refractivity contribution in [1.82, 2.24) is 0 Å². The largest absolute Gasteiger partial charge is 0.456 e. The van der Waals surface area contributed by atoms with Crippen LogP contribution in [0.15, 0.2) is 51.7 Å². The molecule has 0 aromatic heterocycles. The number of aryl methyl sites for hydroxylation is 1. The van der Waals surface area contributed by atoms with Crippen LogP contribution < -0.4 is 16.1 Å². The summed E-state index contributed by atoms with van der Waals surface area (Å²) < 4.78 is 5.89. The van der Waals surface area contributed by atoms with Crippen LogP contribution in [0.4, 0.5) is 0 Å². The molecule has 3 aliphatic rings. The Kier molecular flexibility index (Phi) is 3.17. The Morgan fingerprint density at radius 1 is 1.13 bits per heavy atom. The molecule has 114 valence electrons. The zero-order valence-corrected chi connectivity index (χ0v) is 12.7. The van der Waals surface area contributed by atoms with Crippen LogP contribution in [0.25, 0.3) is 34.6 Å². The van der Waals surface area contributed by atoms with Gasteiger partial charge in [-0.15, -0.1) is 0 Å². The van der Waals surface area contributed by atoms with E-state index in [-0.39, 0.29) is 5.43 Å². The topological polar surface area (TPSA) is 50.4 Å². The lowest BCUT2D eigenvalue weighted by atomic mass is 9.91. The third kappa shape index (κ3) is 2.30. The van der Waals surface area contributed by atoms with Crippen molar-refractivity contribution in [3.63, 3.8) is 0 Å². The first-order valence-corrected chi connectivity index (χ1v) is 7.66. The minimum atomic E-state index is -0.552. The molecule has 3 heteroatoms.